The van der Waals surface area contributed by atoms with Crippen molar-refractivity contribution in [3.8, 4) is 44.9 Å². The van der Waals surface area contributed by atoms with Gasteiger partial charge in [0, 0.05) is 22.3 Å². The number of hydrogen-bond donors (Lipinski definition) is 2. The van der Waals surface area contributed by atoms with Gasteiger partial charge in [-0.15, -0.1) is 0 Å². The third kappa shape index (κ3) is 7.81. The largest absolute Gasteiger partial charge is 0.507 e. The molecule has 0 amide bonds. The Morgan fingerprint density at radius 3 is 0.810 bits per heavy atom. The zero-order valence-electron chi connectivity index (χ0n) is 39.0. The van der Waals surface area contributed by atoms with Gasteiger partial charge in [-0.2, -0.15) is 0 Å². The average molecular weight is 775 g/mol. The normalized spacial score (nSPS) is 13.5. The predicted molar refractivity (Wildman–Crippen MR) is 253 cm³/mol. The maximum atomic E-state index is 13.2. The number of phenols is 2. The summed E-state index contributed by atoms with van der Waals surface area (Å²) in [6, 6.07) is 30.5. The summed E-state index contributed by atoms with van der Waals surface area (Å²) in [7, 11) is 0. The number of phenolic OH excluding ortho intramolecular Hbond substituents is 2. The van der Waals surface area contributed by atoms with Gasteiger partial charge in [0.1, 0.15) is 11.5 Å². The van der Waals surface area contributed by atoms with Crippen LogP contribution in [0.3, 0.4) is 0 Å². The van der Waals surface area contributed by atoms with E-state index in [0.29, 0.717) is 11.1 Å². The number of fused-ring (bicyclic) bond motifs is 2. The van der Waals surface area contributed by atoms with Crippen molar-refractivity contribution >= 4 is 21.5 Å². The van der Waals surface area contributed by atoms with E-state index < -0.39 is 0 Å². The Bertz CT molecular complexity index is 2300. The van der Waals surface area contributed by atoms with Gasteiger partial charge >= 0.3 is 0 Å². The molecule has 0 aromatic heterocycles. The smallest absolute Gasteiger partial charge is 0.132 e. The quantitative estimate of drug-likeness (QED) is 0.188. The van der Waals surface area contributed by atoms with Gasteiger partial charge in [-0.3, -0.25) is 0 Å². The molecule has 2 heteroatoms. The molecule has 0 bridgehead atoms. The van der Waals surface area contributed by atoms with E-state index in [-0.39, 0.29) is 44.0 Å². The van der Waals surface area contributed by atoms with Crippen LogP contribution in [-0.2, 0) is 32.5 Å². The van der Waals surface area contributed by atoms with Crippen molar-refractivity contribution in [2.45, 2.75) is 157 Å². The predicted octanol–water partition coefficient (Wildman–Crippen LogP) is 16.2. The standard InChI is InChI=1S/C56H70O2/c1-51(2,3)35-29-41(53(7,8)9)45(42(30-35)54(10,11)12)39-27-33-23-19-21-25-37(33)47(49(39)57)48-38-26-22-20-24-34(38)28-40(50(48)58)46-43(55(13,14)15)31-36(52(4,5)6)32-44(46)56(16,17)18/h19-32,57-58H,1-18H3. The molecule has 0 saturated carbocycles. The Morgan fingerprint density at radius 2 is 0.569 bits per heavy atom. The highest BCUT2D eigenvalue weighted by Gasteiger charge is 2.35. The van der Waals surface area contributed by atoms with Crippen molar-refractivity contribution in [2.24, 2.45) is 0 Å². The lowest BCUT2D eigenvalue weighted by atomic mass is 9.70. The minimum absolute atomic E-state index is 0.0663. The first-order valence-corrected chi connectivity index (χ1v) is 21.3. The fraction of sp³-hybridized carbons (Fsp3) is 0.429. The van der Waals surface area contributed by atoms with Crippen molar-refractivity contribution in [2.75, 3.05) is 0 Å². The summed E-state index contributed by atoms with van der Waals surface area (Å²) in [5, 5.41) is 30.3. The zero-order valence-corrected chi connectivity index (χ0v) is 39.0. The van der Waals surface area contributed by atoms with Gasteiger partial charge in [-0.05, 0) is 111 Å². The van der Waals surface area contributed by atoms with Crippen LogP contribution in [0.15, 0.2) is 84.9 Å². The maximum absolute atomic E-state index is 13.2. The molecule has 6 rings (SSSR count). The second-order valence-corrected chi connectivity index (χ2v) is 23.1. The van der Waals surface area contributed by atoms with Crippen LogP contribution in [0.2, 0.25) is 0 Å². The molecular formula is C56H70O2. The Balaban J connectivity index is 1.87. The third-order valence-electron chi connectivity index (χ3n) is 12.1. The Labute approximate surface area is 350 Å². The van der Waals surface area contributed by atoms with Crippen molar-refractivity contribution in [1.82, 2.24) is 0 Å². The number of hydrogen-bond acceptors (Lipinski definition) is 2. The Kier molecular flexibility index (Phi) is 10.4. The van der Waals surface area contributed by atoms with E-state index in [1.165, 1.54) is 33.4 Å². The van der Waals surface area contributed by atoms with E-state index in [4.69, 9.17) is 0 Å². The third-order valence-corrected chi connectivity index (χ3v) is 12.1. The first-order chi connectivity index (χ1) is 26.4. The van der Waals surface area contributed by atoms with Crippen LogP contribution in [0.4, 0.5) is 0 Å². The molecule has 0 aliphatic rings. The molecule has 0 atom stereocenters. The molecule has 6 aromatic carbocycles. The summed E-state index contributed by atoms with van der Waals surface area (Å²) in [6.07, 6.45) is 0. The van der Waals surface area contributed by atoms with Crippen LogP contribution in [-0.4, -0.2) is 10.2 Å². The second kappa shape index (κ2) is 14.0. The van der Waals surface area contributed by atoms with E-state index in [1.54, 1.807) is 0 Å². The molecule has 2 nitrogen and oxygen atoms in total. The van der Waals surface area contributed by atoms with Crippen molar-refractivity contribution in [3.05, 3.63) is 118 Å². The summed E-state index contributed by atoms with van der Waals surface area (Å²) in [5.74, 6) is 0.372. The molecule has 0 aliphatic heterocycles. The number of benzene rings is 6. The molecule has 0 aliphatic carbocycles. The molecule has 0 fully saturated rings. The van der Waals surface area contributed by atoms with E-state index in [9.17, 15) is 10.2 Å². The van der Waals surface area contributed by atoms with Gasteiger partial charge in [-0.1, -0.05) is 197 Å². The van der Waals surface area contributed by atoms with Gasteiger partial charge in [-0.25, -0.2) is 0 Å². The topological polar surface area (TPSA) is 40.5 Å². The van der Waals surface area contributed by atoms with E-state index >= 15 is 0 Å². The maximum Gasteiger partial charge on any atom is 0.132 e. The second-order valence-electron chi connectivity index (χ2n) is 23.1. The molecule has 58 heavy (non-hydrogen) atoms. The van der Waals surface area contributed by atoms with Crippen molar-refractivity contribution in [3.63, 3.8) is 0 Å². The highest BCUT2D eigenvalue weighted by atomic mass is 16.3. The van der Waals surface area contributed by atoms with E-state index in [1.807, 2.05) is 12.1 Å². The first-order valence-electron chi connectivity index (χ1n) is 21.3. The average Bonchev–Trinajstić information content (AvgIpc) is 3.08. The monoisotopic (exact) mass is 775 g/mol. The lowest BCUT2D eigenvalue weighted by molar-refractivity contribution is 0.471. The lowest BCUT2D eigenvalue weighted by Gasteiger charge is -2.35. The minimum atomic E-state index is -0.227. The lowest BCUT2D eigenvalue weighted by Crippen LogP contribution is -2.23. The van der Waals surface area contributed by atoms with Crippen molar-refractivity contribution < 1.29 is 10.2 Å². The molecule has 0 radical (unpaired) electrons. The van der Waals surface area contributed by atoms with Gasteiger partial charge in [0.25, 0.3) is 0 Å². The van der Waals surface area contributed by atoms with Crippen LogP contribution in [0, 0.1) is 0 Å². The van der Waals surface area contributed by atoms with Crippen LogP contribution in [0.5, 0.6) is 11.5 Å². The van der Waals surface area contributed by atoms with E-state index in [0.717, 1.165) is 43.8 Å². The highest BCUT2D eigenvalue weighted by Crippen LogP contribution is 2.56. The summed E-state index contributed by atoms with van der Waals surface area (Å²) >= 11 is 0. The zero-order chi connectivity index (χ0) is 43.3. The van der Waals surface area contributed by atoms with Gasteiger partial charge in [0.05, 0.1) is 0 Å². The highest BCUT2D eigenvalue weighted by molar-refractivity contribution is 6.14. The van der Waals surface area contributed by atoms with Gasteiger partial charge in [0.15, 0.2) is 0 Å². The van der Waals surface area contributed by atoms with E-state index in [2.05, 4.69) is 197 Å². The van der Waals surface area contributed by atoms with Crippen LogP contribution < -0.4 is 0 Å². The summed E-state index contributed by atoms with van der Waals surface area (Å²) in [5.41, 5.74) is 11.4. The van der Waals surface area contributed by atoms with Crippen LogP contribution in [0.25, 0.3) is 54.9 Å². The fourth-order valence-corrected chi connectivity index (χ4v) is 8.66. The molecule has 306 valence electrons. The number of rotatable bonds is 3. The van der Waals surface area contributed by atoms with Gasteiger partial charge < -0.3 is 10.2 Å². The fourth-order valence-electron chi connectivity index (χ4n) is 8.66. The molecule has 2 N–H and O–H groups in total. The molecule has 0 saturated heterocycles. The van der Waals surface area contributed by atoms with Crippen LogP contribution in [0.1, 0.15) is 158 Å². The molecule has 0 unspecified atom stereocenters. The molecule has 0 heterocycles. The number of aromatic hydroxyl groups is 2. The molecule has 0 spiro atoms. The molecule has 6 aromatic rings. The minimum Gasteiger partial charge on any atom is -0.507 e. The Morgan fingerprint density at radius 1 is 0.310 bits per heavy atom. The van der Waals surface area contributed by atoms with Crippen molar-refractivity contribution in [1.29, 1.82) is 0 Å². The Hall–Kier alpha value is -4.56. The summed E-state index contributed by atoms with van der Waals surface area (Å²) in [6.45, 7) is 41.0. The van der Waals surface area contributed by atoms with Crippen LogP contribution >= 0.6 is 0 Å². The van der Waals surface area contributed by atoms with Gasteiger partial charge in [0.2, 0.25) is 0 Å². The summed E-state index contributed by atoms with van der Waals surface area (Å²) < 4.78 is 0. The first kappa shape index (κ1) is 43.0. The molecular weight excluding hydrogens is 705 g/mol. The SMILES string of the molecule is CC(C)(C)c1cc(C(C)(C)C)c(-c2cc3ccccc3c(-c3c(O)c(-c4c(C(C)(C)C)cc(C(C)(C)C)cc4C(C)(C)C)cc4ccccc34)c2O)c(C(C)(C)C)c1. The summed E-state index contributed by atoms with van der Waals surface area (Å²) in [4.78, 5) is 0.